The highest BCUT2D eigenvalue weighted by Crippen LogP contribution is 2.42. The van der Waals surface area contributed by atoms with Crippen molar-refractivity contribution in [2.24, 2.45) is 0 Å². The fraction of sp³-hybridized carbons (Fsp3) is 0.0435. The molecule has 0 amide bonds. The molecule has 4 nitrogen and oxygen atoms in total. The van der Waals surface area contributed by atoms with Crippen molar-refractivity contribution < 1.29 is 0 Å². The van der Waals surface area contributed by atoms with E-state index in [1.807, 2.05) is 18.2 Å². The molecule has 234 valence electrons. The van der Waals surface area contributed by atoms with Crippen LogP contribution in [-0.2, 0) is 6.42 Å². The molecule has 0 spiro atoms. The zero-order valence-corrected chi connectivity index (χ0v) is 27.2. The lowest BCUT2D eigenvalue weighted by atomic mass is 10.00. The molecule has 10 rings (SSSR count). The Labute approximate surface area is 290 Å². The minimum absolute atomic E-state index is 0.822. The second kappa shape index (κ2) is 11.5. The zero-order chi connectivity index (χ0) is 33.0. The summed E-state index contributed by atoms with van der Waals surface area (Å²) in [6, 6.07) is 57.1. The van der Waals surface area contributed by atoms with Gasteiger partial charge in [-0.1, -0.05) is 97.1 Å². The second-order valence-electron chi connectivity index (χ2n) is 12.8. The molecule has 0 saturated carbocycles. The Balaban J connectivity index is 1.24. The molecular weight excluding hydrogens is 609 g/mol. The van der Waals surface area contributed by atoms with Crippen molar-refractivity contribution in [2.45, 2.75) is 12.8 Å². The van der Waals surface area contributed by atoms with E-state index in [1.54, 1.807) is 0 Å². The van der Waals surface area contributed by atoms with Gasteiger partial charge in [-0.15, -0.1) is 0 Å². The van der Waals surface area contributed by atoms with Gasteiger partial charge in [-0.2, -0.15) is 0 Å². The predicted molar refractivity (Wildman–Crippen MR) is 205 cm³/mol. The average molecular weight is 639 g/mol. The maximum absolute atomic E-state index is 5.41. The first-order valence-electron chi connectivity index (χ1n) is 17.1. The minimum atomic E-state index is 0.822. The van der Waals surface area contributed by atoms with E-state index in [-0.39, 0.29) is 0 Å². The highest BCUT2D eigenvalue weighted by atomic mass is 15.1. The number of benzene rings is 4. The molecular formula is C46H30N4. The Morgan fingerprint density at radius 1 is 0.560 bits per heavy atom. The van der Waals surface area contributed by atoms with Gasteiger partial charge in [0.1, 0.15) is 5.82 Å². The van der Waals surface area contributed by atoms with Gasteiger partial charge in [0.25, 0.3) is 0 Å². The van der Waals surface area contributed by atoms with Crippen molar-refractivity contribution in [3.8, 4) is 45.3 Å². The van der Waals surface area contributed by atoms with Gasteiger partial charge in [-0.3, -0.25) is 4.57 Å². The smallest absolute Gasteiger partial charge is 0.138 e. The Morgan fingerprint density at radius 2 is 1.38 bits per heavy atom. The molecule has 0 N–H and O–H groups in total. The van der Waals surface area contributed by atoms with Gasteiger partial charge in [0.05, 0.1) is 39.3 Å². The molecule has 0 bridgehead atoms. The summed E-state index contributed by atoms with van der Waals surface area (Å²) in [5.41, 5.74) is 13.0. The normalized spacial score (nSPS) is 12.4. The summed E-state index contributed by atoms with van der Waals surface area (Å²) in [5, 5.41) is 3.75. The van der Waals surface area contributed by atoms with Crippen LogP contribution in [0.1, 0.15) is 17.7 Å². The van der Waals surface area contributed by atoms with Gasteiger partial charge in [0, 0.05) is 27.4 Å². The van der Waals surface area contributed by atoms with Crippen molar-refractivity contribution in [1.82, 2.24) is 19.1 Å². The Morgan fingerprint density at radius 3 is 2.24 bits per heavy atom. The van der Waals surface area contributed by atoms with E-state index >= 15 is 0 Å². The highest BCUT2D eigenvalue weighted by molar-refractivity contribution is 6.21. The van der Waals surface area contributed by atoms with E-state index in [1.165, 1.54) is 44.0 Å². The SMILES string of the molecule is c1ccc(-c2cc(-c3ccccc3)nc(-c3cccc(-n4c5c(c6ccc7c(c8ccccc8n7-c7ccccc7)c64)CCC=C5)n3)c2)cc#1. The predicted octanol–water partition coefficient (Wildman–Crippen LogP) is 11.1. The van der Waals surface area contributed by atoms with E-state index in [9.17, 15) is 0 Å². The maximum Gasteiger partial charge on any atom is 0.138 e. The molecule has 1 aliphatic carbocycles. The maximum atomic E-state index is 5.41. The summed E-state index contributed by atoms with van der Waals surface area (Å²) in [6.45, 7) is 0. The number of para-hydroxylation sites is 2. The van der Waals surface area contributed by atoms with Crippen molar-refractivity contribution >= 4 is 38.8 Å². The van der Waals surface area contributed by atoms with E-state index in [0.717, 1.165) is 58.1 Å². The van der Waals surface area contributed by atoms with Gasteiger partial charge in [0.2, 0.25) is 0 Å². The summed E-state index contributed by atoms with van der Waals surface area (Å²) in [7, 11) is 0. The van der Waals surface area contributed by atoms with E-state index < -0.39 is 0 Å². The van der Waals surface area contributed by atoms with Gasteiger partial charge >= 0.3 is 0 Å². The third-order valence-electron chi connectivity index (χ3n) is 9.87. The summed E-state index contributed by atoms with van der Waals surface area (Å²) >= 11 is 0. The third-order valence-corrected chi connectivity index (χ3v) is 9.87. The molecule has 0 radical (unpaired) electrons. The molecule has 5 aromatic carbocycles. The first-order chi connectivity index (χ1) is 24.8. The minimum Gasteiger partial charge on any atom is -0.309 e. The van der Waals surface area contributed by atoms with Crippen LogP contribution in [0.2, 0.25) is 0 Å². The summed E-state index contributed by atoms with van der Waals surface area (Å²) in [4.78, 5) is 10.6. The Hall–Kier alpha value is -6.70. The lowest BCUT2D eigenvalue weighted by Gasteiger charge is -2.14. The lowest BCUT2D eigenvalue weighted by Crippen LogP contribution is -2.04. The number of hydrogen-bond donors (Lipinski definition) is 0. The van der Waals surface area contributed by atoms with Crippen LogP contribution >= 0.6 is 0 Å². The number of allylic oxidation sites excluding steroid dienone is 1. The fourth-order valence-electron chi connectivity index (χ4n) is 7.67. The number of pyridine rings is 2. The molecule has 0 saturated heterocycles. The summed E-state index contributed by atoms with van der Waals surface area (Å²) < 4.78 is 4.78. The standard InChI is InChI=1S/C46H30N4/c1-4-15-31(16-5-1)33-29-39(32-17-6-2-7-18-32)47-40(30-33)38-23-14-26-44(48-38)50-41-24-12-10-21-35(41)36-27-28-43-45(46(36)50)37-22-11-13-25-42(37)49(43)34-19-8-3-9-20-34/h2-4,6-9,11-20,22-30H,10,21H2. The van der Waals surface area contributed by atoms with Crippen molar-refractivity contribution in [1.29, 1.82) is 0 Å². The first-order valence-corrected chi connectivity index (χ1v) is 17.1. The number of aromatic nitrogens is 4. The molecule has 1 aliphatic rings. The van der Waals surface area contributed by atoms with Crippen molar-refractivity contribution in [3.63, 3.8) is 0 Å². The van der Waals surface area contributed by atoms with Crippen LogP contribution in [0, 0.1) is 12.1 Å². The fourth-order valence-corrected chi connectivity index (χ4v) is 7.67. The quantitative estimate of drug-likeness (QED) is 0.188. The van der Waals surface area contributed by atoms with Crippen LogP contribution in [0.15, 0.2) is 152 Å². The van der Waals surface area contributed by atoms with Gasteiger partial charge in [-0.05, 0) is 102 Å². The van der Waals surface area contributed by atoms with Crippen LogP contribution in [0.5, 0.6) is 0 Å². The topological polar surface area (TPSA) is 35.6 Å². The van der Waals surface area contributed by atoms with E-state index in [2.05, 4.69) is 161 Å². The molecule has 9 aromatic rings. The van der Waals surface area contributed by atoms with Crippen LogP contribution in [0.25, 0.3) is 84.1 Å². The molecule has 4 heterocycles. The summed E-state index contributed by atoms with van der Waals surface area (Å²) in [5.74, 6) is 0.875. The first kappa shape index (κ1) is 28.3. The van der Waals surface area contributed by atoms with Gasteiger partial charge < -0.3 is 4.57 Å². The Bertz CT molecular complexity index is 2680. The molecule has 4 aromatic heterocycles. The molecule has 0 aliphatic heterocycles. The van der Waals surface area contributed by atoms with Crippen LogP contribution in [0.3, 0.4) is 0 Å². The monoisotopic (exact) mass is 638 g/mol. The average Bonchev–Trinajstić information content (AvgIpc) is 3.72. The molecule has 0 atom stereocenters. The summed E-state index contributed by atoms with van der Waals surface area (Å²) in [6.07, 6.45) is 6.59. The Kier molecular flexibility index (Phi) is 6.50. The van der Waals surface area contributed by atoms with Gasteiger partial charge in [0.15, 0.2) is 0 Å². The molecule has 0 fully saturated rings. The second-order valence-corrected chi connectivity index (χ2v) is 12.8. The largest absolute Gasteiger partial charge is 0.309 e. The van der Waals surface area contributed by atoms with Crippen LogP contribution in [0.4, 0.5) is 0 Å². The lowest BCUT2D eigenvalue weighted by molar-refractivity contribution is 0.953. The number of fused-ring (bicyclic) bond motifs is 7. The highest BCUT2D eigenvalue weighted by Gasteiger charge is 2.24. The van der Waals surface area contributed by atoms with Crippen molar-refractivity contribution in [2.75, 3.05) is 0 Å². The number of aryl methyl sites for hydroxylation is 1. The van der Waals surface area contributed by atoms with Gasteiger partial charge in [-0.25, -0.2) is 9.97 Å². The molecule has 50 heavy (non-hydrogen) atoms. The number of nitrogens with zero attached hydrogens (tertiary/aromatic N) is 4. The van der Waals surface area contributed by atoms with E-state index in [4.69, 9.17) is 9.97 Å². The third kappa shape index (κ3) is 4.48. The zero-order valence-electron chi connectivity index (χ0n) is 27.2. The number of rotatable bonds is 5. The van der Waals surface area contributed by atoms with Crippen molar-refractivity contribution in [3.05, 3.63) is 175 Å². The number of hydrogen-bond acceptors (Lipinski definition) is 2. The molecule has 4 heteroatoms. The van der Waals surface area contributed by atoms with Crippen LogP contribution in [-0.4, -0.2) is 19.1 Å². The van der Waals surface area contributed by atoms with E-state index in [0.29, 0.717) is 0 Å². The molecule has 0 unspecified atom stereocenters. The van der Waals surface area contributed by atoms with Crippen LogP contribution < -0.4 is 0 Å².